The van der Waals surface area contributed by atoms with Crippen LogP contribution in [0.25, 0.3) is 6.08 Å². The van der Waals surface area contributed by atoms with E-state index in [1.807, 2.05) is 18.2 Å². The SMILES string of the molecule is O=C(/C=C/c1cc(Cl)c2c(c1)OCO2)Nc1ccn(Cc2ccccn2)n1. The van der Waals surface area contributed by atoms with Crippen LogP contribution in [-0.2, 0) is 11.3 Å². The first kappa shape index (κ1) is 17.1. The molecule has 4 rings (SSSR count). The van der Waals surface area contributed by atoms with Crippen molar-refractivity contribution in [2.24, 2.45) is 0 Å². The van der Waals surface area contributed by atoms with Gasteiger partial charge in [0.15, 0.2) is 17.3 Å². The number of amides is 1. The van der Waals surface area contributed by atoms with E-state index in [2.05, 4.69) is 15.4 Å². The molecule has 136 valence electrons. The number of hydrogen-bond acceptors (Lipinski definition) is 5. The van der Waals surface area contributed by atoms with Crippen molar-refractivity contribution in [2.75, 3.05) is 12.1 Å². The maximum atomic E-state index is 12.1. The Labute approximate surface area is 160 Å². The van der Waals surface area contributed by atoms with Gasteiger partial charge < -0.3 is 14.8 Å². The van der Waals surface area contributed by atoms with Crippen LogP contribution in [0.5, 0.6) is 11.5 Å². The summed E-state index contributed by atoms with van der Waals surface area (Å²) >= 11 is 6.13. The Morgan fingerprint density at radius 3 is 3.07 bits per heavy atom. The number of carbonyl (C=O) groups is 1. The van der Waals surface area contributed by atoms with Crippen LogP contribution in [0.4, 0.5) is 5.82 Å². The molecule has 1 aliphatic heterocycles. The molecule has 7 nitrogen and oxygen atoms in total. The van der Waals surface area contributed by atoms with Crippen molar-refractivity contribution in [3.8, 4) is 11.5 Å². The Morgan fingerprint density at radius 1 is 1.30 bits per heavy atom. The lowest BCUT2D eigenvalue weighted by atomic mass is 10.2. The fourth-order valence-electron chi connectivity index (χ4n) is 2.60. The van der Waals surface area contributed by atoms with Gasteiger partial charge >= 0.3 is 0 Å². The summed E-state index contributed by atoms with van der Waals surface area (Å²) in [5.41, 5.74) is 1.62. The molecule has 0 atom stereocenters. The van der Waals surface area contributed by atoms with Gasteiger partial charge in [0.05, 0.1) is 17.3 Å². The Morgan fingerprint density at radius 2 is 2.22 bits per heavy atom. The van der Waals surface area contributed by atoms with E-state index in [0.29, 0.717) is 28.9 Å². The maximum Gasteiger partial charge on any atom is 0.249 e. The number of anilines is 1. The van der Waals surface area contributed by atoms with E-state index >= 15 is 0 Å². The molecule has 1 aliphatic rings. The van der Waals surface area contributed by atoms with Gasteiger partial charge in [0.25, 0.3) is 0 Å². The lowest BCUT2D eigenvalue weighted by Gasteiger charge is -2.02. The molecular formula is C19H15ClN4O3. The van der Waals surface area contributed by atoms with Crippen molar-refractivity contribution in [1.29, 1.82) is 0 Å². The van der Waals surface area contributed by atoms with Crippen molar-refractivity contribution < 1.29 is 14.3 Å². The molecule has 8 heteroatoms. The summed E-state index contributed by atoms with van der Waals surface area (Å²) < 4.78 is 12.3. The predicted octanol–water partition coefficient (Wildman–Crippen LogP) is 3.36. The van der Waals surface area contributed by atoms with Crippen molar-refractivity contribution in [2.45, 2.75) is 6.54 Å². The molecule has 3 aromatic rings. The molecule has 0 fully saturated rings. The average Bonchev–Trinajstić information content (AvgIpc) is 3.30. The van der Waals surface area contributed by atoms with Crippen LogP contribution < -0.4 is 14.8 Å². The summed E-state index contributed by atoms with van der Waals surface area (Å²) in [5.74, 6) is 1.25. The highest BCUT2D eigenvalue weighted by molar-refractivity contribution is 6.32. The number of ether oxygens (including phenoxy) is 2. The standard InChI is InChI=1S/C19H15ClN4O3/c20-15-9-13(10-16-19(15)27-12-26-16)4-5-18(25)22-17-6-8-24(23-17)11-14-3-1-2-7-21-14/h1-10H,11-12H2,(H,22,23,25)/b5-4+. The van der Waals surface area contributed by atoms with Crippen LogP contribution in [0.1, 0.15) is 11.3 Å². The number of benzene rings is 1. The summed E-state index contributed by atoms with van der Waals surface area (Å²) in [6.07, 6.45) is 6.57. The minimum absolute atomic E-state index is 0.143. The van der Waals surface area contributed by atoms with E-state index in [9.17, 15) is 4.79 Å². The molecule has 1 aromatic carbocycles. The monoisotopic (exact) mass is 382 g/mol. The molecule has 1 N–H and O–H groups in total. The van der Waals surface area contributed by atoms with Gasteiger partial charge in [-0.05, 0) is 35.9 Å². The zero-order chi connectivity index (χ0) is 18.6. The number of aromatic nitrogens is 3. The molecule has 0 aliphatic carbocycles. The number of carbonyl (C=O) groups excluding carboxylic acids is 1. The highest BCUT2D eigenvalue weighted by Gasteiger charge is 2.17. The number of rotatable bonds is 5. The molecule has 27 heavy (non-hydrogen) atoms. The summed E-state index contributed by atoms with van der Waals surface area (Å²) in [6.45, 7) is 0.673. The first-order valence-corrected chi connectivity index (χ1v) is 8.57. The van der Waals surface area contributed by atoms with Crippen molar-refractivity contribution in [3.05, 3.63) is 71.1 Å². The number of pyridine rings is 1. The van der Waals surface area contributed by atoms with E-state index in [1.165, 1.54) is 6.08 Å². The molecule has 1 amide bonds. The van der Waals surface area contributed by atoms with Crippen LogP contribution in [0.15, 0.2) is 54.9 Å². The molecule has 0 spiro atoms. The normalized spacial score (nSPS) is 12.5. The summed E-state index contributed by atoms with van der Waals surface area (Å²) in [7, 11) is 0. The number of halogens is 1. The maximum absolute atomic E-state index is 12.1. The van der Waals surface area contributed by atoms with E-state index in [-0.39, 0.29) is 12.7 Å². The number of fused-ring (bicyclic) bond motifs is 1. The highest BCUT2D eigenvalue weighted by atomic mass is 35.5. The number of nitrogens with one attached hydrogen (secondary N) is 1. The molecule has 3 heterocycles. The van der Waals surface area contributed by atoms with E-state index in [0.717, 1.165) is 11.3 Å². The first-order valence-electron chi connectivity index (χ1n) is 8.19. The third-order valence-corrected chi connectivity index (χ3v) is 4.10. The Balaban J connectivity index is 1.38. The zero-order valence-corrected chi connectivity index (χ0v) is 14.9. The smallest absolute Gasteiger partial charge is 0.249 e. The Kier molecular flexibility index (Phi) is 4.76. The Bertz CT molecular complexity index is 1000. The second-order valence-corrected chi connectivity index (χ2v) is 6.19. The quantitative estimate of drug-likeness (QED) is 0.684. The van der Waals surface area contributed by atoms with Gasteiger partial charge in [-0.3, -0.25) is 14.5 Å². The predicted molar refractivity (Wildman–Crippen MR) is 101 cm³/mol. The summed E-state index contributed by atoms with van der Waals surface area (Å²) in [5, 5.41) is 7.48. The molecule has 0 saturated heterocycles. The van der Waals surface area contributed by atoms with E-state index in [1.54, 1.807) is 41.4 Å². The lowest BCUT2D eigenvalue weighted by Crippen LogP contribution is -2.09. The van der Waals surface area contributed by atoms with Crippen molar-refractivity contribution in [1.82, 2.24) is 14.8 Å². The van der Waals surface area contributed by atoms with Gasteiger partial charge in [-0.15, -0.1) is 0 Å². The van der Waals surface area contributed by atoms with E-state index < -0.39 is 0 Å². The minimum atomic E-state index is -0.299. The number of nitrogens with zero attached hydrogens (tertiary/aromatic N) is 3. The third-order valence-electron chi connectivity index (χ3n) is 3.82. The van der Waals surface area contributed by atoms with Gasteiger partial charge in [0.1, 0.15) is 0 Å². The second-order valence-electron chi connectivity index (χ2n) is 5.78. The third kappa shape index (κ3) is 4.09. The van der Waals surface area contributed by atoms with Crippen LogP contribution in [0.2, 0.25) is 5.02 Å². The molecule has 0 bridgehead atoms. The van der Waals surface area contributed by atoms with Crippen LogP contribution in [0.3, 0.4) is 0 Å². The number of hydrogen-bond donors (Lipinski definition) is 1. The van der Waals surface area contributed by atoms with Crippen LogP contribution >= 0.6 is 11.6 Å². The fraction of sp³-hybridized carbons (Fsp3) is 0.105. The summed E-state index contributed by atoms with van der Waals surface area (Å²) in [4.78, 5) is 16.4. The highest BCUT2D eigenvalue weighted by Crippen LogP contribution is 2.40. The largest absolute Gasteiger partial charge is 0.454 e. The van der Waals surface area contributed by atoms with Gasteiger partial charge in [0, 0.05) is 24.5 Å². The van der Waals surface area contributed by atoms with Crippen molar-refractivity contribution in [3.63, 3.8) is 0 Å². The fourth-order valence-corrected chi connectivity index (χ4v) is 2.87. The van der Waals surface area contributed by atoms with Gasteiger partial charge in [0.2, 0.25) is 12.7 Å². The summed E-state index contributed by atoms with van der Waals surface area (Å²) in [6, 6.07) is 10.9. The Hall–Kier alpha value is -3.32. The van der Waals surface area contributed by atoms with Crippen molar-refractivity contribution >= 4 is 29.4 Å². The first-order chi connectivity index (χ1) is 13.2. The zero-order valence-electron chi connectivity index (χ0n) is 14.1. The molecular weight excluding hydrogens is 368 g/mol. The van der Waals surface area contributed by atoms with Gasteiger partial charge in [-0.2, -0.15) is 5.10 Å². The van der Waals surface area contributed by atoms with Crippen LogP contribution in [-0.4, -0.2) is 27.5 Å². The molecule has 0 unspecified atom stereocenters. The molecule has 2 aromatic heterocycles. The van der Waals surface area contributed by atoms with Crippen LogP contribution in [0, 0.1) is 0 Å². The van der Waals surface area contributed by atoms with Gasteiger partial charge in [-0.1, -0.05) is 17.7 Å². The van der Waals surface area contributed by atoms with Gasteiger partial charge in [-0.25, -0.2) is 0 Å². The lowest BCUT2D eigenvalue weighted by molar-refractivity contribution is -0.111. The topological polar surface area (TPSA) is 78.3 Å². The molecule has 0 saturated carbocycles. The average molecular weight is 383 g/mol. The van der Waals surface area contributed by atoms with E-state index in [4.69, 9.17) is 21.1 Å². The second kappa shape index (κ2) is 7.51. The molecule has 0 radical (unpaired) electrons. The minimum Gasteiger partial charge on any atom is -0.454 e.